The number of fused-ring (bicyclic) bond motifs is 1. The van der Waals surface area contributed by atoms with Crippen molar-refractivity contribution in [3.8, 4) is 0 Å². The highest BCUT2D eigenvalue weighted by molar-refractivity contribution is 5.79. The summed E-state index contributed by atoms with van der Waals surface area (Å²) in [5.74, 6) is 0.161. The van der Waals surface area contributed by atoms with E-state index in [1.807, 2.05) is 0 Å². The lowest BCUT2D eigenvalue weighted by molar-refractivity contribution is 0.895. The molecule has 2 rings (SSSR count). The summed E-state index contributed by atoms with van der Waals surface area (Å²) in [7, 11) is 0. The number of rotatable bonds is 0. The van der Waals surface area contributed by atoms with Crippen molar-refractivity contribution in [2.75, 3.05) is 5.73 Å². The molecule has 7 heteroatoms. The van der Waals surface area contributed by atoms with Crippen LogP contribution in [0.15, 0.2) is 4.79 Å². The number of imidazole rings is 1. The first-order chi connectivity index (χ1) is 5.27. The van der Waals surface area contributed by atoms with Crippen LogP contribution in [0.5, 0.6) is 0 Å². The molecule has 2 aromatic rings. The van der Waals surface area contributed by atoms with Gasteiger partial charge in [-0.15, -0.1) is 10.2 Å². The average Bonchev–Trinajstić information content (AvgIpc) is 2.31. The number of hydrogen-bond acceptors (Lipinski definition) is 5. The van der Waals surface area contributed by atoms with Crippen molar-refractivity contribution in [3.05, 3.63) is 10.5 Å². The lowest BCUT2D eigenvalue weighted by atomic mass is 10.5. The summed E-state index contributed by atoms with van der Waals surface area (Å²) in [4.78, 5) is 15.5. The number of aromatic nitrogens is 5. The molecule has 0 aliphatic rings. The molecule has 0 unspecified atom stereocenters. The van der Waals surface area contributed by atoms with Gasteiger partial charge in [0.1, 0.15) is 5.52 Å². The maximum Gasteiger partial charge on any atom is 0.325 e. The Bertz CT molecular complexity index is 441. The van der Waals surface area contributed by atoms with E-state index < -0.39 is 0 Å². The van der Waals surface area contributed by atoms with Crippen LogP contribution in [0, 0.1) is 0 Å². The molecule has 0 spiro atoms. The van der Waals surface area contributed by atoms with Gasteiger partial charge in [0.25, 0.3) is 0 Å². The molecule has 0 amide bonds. The zero-order valence-electron chi connectivity index (χ0n) is 5.33. The van der Waals surface area contributed by atoms with E-state index in [1.54, 1.807) is 0 Å². The number of anilines is 1. The molecule has 0 aromatic carbocycles. The van der Waals surface area contributed by atoms with Gasteiger partial charge in [0.2, 0.25) is 0 Å². The van der Waals surface area contributed by atoms with Gasteiger partial charge < -0.3 is 10.7 Å². The third-order valence-corrected chi connectivity index (χ3v) is 1.26. The number of nitrogens with two attached hydrogens (primary N) is 1. The minimum Gasteiger partial charge on any atom is -0.380 e. The van der Waals surface area contributed by atoms with E-state index in [2.05, 4.69) is 25.4 Å². The normalized spacial score (nSPS) is 10.5. The summed E-state index contributed by atoms with van der Waals surface area (Å²) in [6.07, 6.45) is 0. The molecule has 56 valence electrons. The number of hydrogen-bond donors (Lipinski definition) is 3. The van der Waals surface area contributed by atoms with Crippen LogP contribution in [0.2, 0.25) is 0 Å². The minimum atomic E-state index is -0.367. The highest BCUT2D eigenvalue weighted by Gasteiger charge is 2.03. The highest BCUT2D eigenvalue weighted by atomic mass is 16.1. The lowest BCUT2D eigenvalue weighted by Gasteiger charge is -1.87. The third kappa shape index (κ3) is 0.741. The second-order valence-electron chi connectivity index (χ2n) is 1.98. The van der Waals surface area contributed by atoms with E-state index in [1.165, 1.54) is 0 Å². The summed E-state index contributed by atoms with van der Waals surface area (Å²) < 4.78 is 0. The minimum absolute atomic E-state index is 0.161. The van der Waals surface area contributed by atoms with Gasteiger partial charge in [0.05, 0.1) is 0 Å². The Balaban J connectivity index is 3.01. The first kappa shape index (κ1) is 5.83. The monoisotopic (exact) mass is 152 g/mol. The largest absolute Gasteiger partial charge is 0.380 e. The second kappa shape index (κ2) is 1.78. The molecule has 0 aliphatic heterocycles. The predicted molar refractivity (Wildman–Crippen MR) is 36.7 cm³/mol. The van der Waals surface area contributed by atoms with Crippen molar-refractivity contribution in [2.45, 2.75) is 0 Å². The third-order valence-electron chi connectivity index (χ3n) is 1.26. The van der Waals surface area contributed by atoms with Crippen LogP contribution >= 0.6 is 0 Å². The summed E-state index contributed by atoms with van der Waals surface area (Å²) in [6.45, 7) is 0. The van der Waals surface area contributed by atoms with Crippen molar-refractivity contribution >= 4 is 17.0 Å². The van der Waals surface area contributed by atoms with Crippen molar-refractivity contribution < 1.29 is 0 Å². The van der Waals surface area contributed by atoms with Gasteiger partial charge in [-0.25, -0.2) is 4.79 Å². The van der Waals surface area contributed by atoms with E-state index in [4.69, 9.17) is 5.73 Å². The molecule has 0 radical (unpaired) electrons. The molecule has 11 heavy (non-hydrogen) atoms. The lowest BCUT2D eigenvalue weighted by Crippen LogP contribution is -1.99. The molecule has 0 saturated carbocycles. The van der Waals surface area contributed by atoms with E-state index in [0.29, 0.717) is 11.2 Å². The highest BCUT2D eigenvalue weighted by Crippen LogP contribution is 2.05. The smallest absolute Gasteiger partial charge is 0.325 e. The molecule has 0 fully saturated rings. The molecular weight excluding hydrogens is 148 g/mol. The quantitative estimate of drug-likeness (QED) is 0.430. The van der Waals surface area contributed by atoms with Crippen LogP contribution in [0.1, 0.15) is 0 Å². The fourth-order valence-corrected chi connectivity index (χ4v) is 0.800. The Morgan fingerprint density at radius 1 is 1.27 bits per heavy atom. The fourth-order valence-electron chi connectivity index (χ4n) is 0.800. The molecule has 0 aliphatic carbocycles. The van der Waals surface area contributed by atoms with Crippen molar-refractivity contribution in [3.63, 3.8) is 0 Å². The van der Waals surface area contributed by atoms with E-state index >= 15 is 0 Å². The summed E-state index contributed by atoms with van der Waals surface area (Å²) in [5.41, 5.74) is 5.71. The van der Waals surface area contributed by atoms with Crippen molar-refractivity contribution in [1.29, 1.82) is 0 Å². The molecule has 4 N–H and O–H groups in total. The number of H-pyrrole nitrogens is 2. The number of nitrogens with one attached hydrogen (secondary N) is 2. The van der Waals surface area contributed by atoms with Gasteiger partial charge in [-0.1, -0.05) is 0 Å². The van der Waals surface area contributed by atoms with Gasteiger partial charge in [-0.3, -0.25) is 4.98 Å². The summed E-state index contributed by atoms with van der Waals surface area (Å²) >= 11 is 0. The predicted octanol–water partition coefficient (Wildman–Crippen LogP) is -1.38. The molecule has 2 heterocycles. The van der Waals surface area contributed by atoms with Gasteiger partial charge in [0, 0.05) is 0 Å². The number of nitrogen functional groups attached to an aromatic ring is 1. The van der Waals surface area contributed by atoms with Crippen LogP contribution in [0.25, 0.3) is 11.2 Å². The van der Waals surface area contributed by atoms with Crippen molar-refractivity contribution in [1.82, 2.24) is 25.4 Å². The van der Waals surface area contributed by atoms with E-state index in [0.717, 1.165) is 0 Å². The standard InChI is InChI=1S/C4H4N6O/c5-2-1-3(9-10-8-2)7-4(11)6-1/h(H4,5,6,7,8,9,11). The SMILES string of the molecule is Nc1nnnc2[nH]c(=O)[nH]c12. The average molecular weight is 152 g/mol. The van der Waals surface area contributed by atoms with Crippen LogP contribution in [0.3, 0.4) is 0 Å². The molecule has 2 aromatic heterocycles. The molecule has 0 bridgehead atoms. The molecule has 7 nitrogen and oxygen atoms in total. The molecule has 0 atom stereocenters. The van der Waals surface area contributed by atoms with Crippen LogP contribution in [-0.4, -0.2) is 25.4 Å². The second-order valence-corrected chi connectivity index (χ2v) is 1.98. The van der Waals surface area contributed by atoms with Gasteiger partial charge in [-0.05, 0) is 5.21 Å². The Morgan fingerprint density at radius 3 is 2.82 bits per heavy atom. The maximum absolute atomic E-state index is 10.7. The summed E-state index contributed by atoms with van der Waals surface area (Å²) in [5, 5.41) is 10.3. The molecular formula is C4H4N6O. The number of nitrogens with zero attached hydrogens (tertiary/aromatic N) is 3. The first-order valence-corrected chi connectivity index (χ1v) is 2.84. The Morgan fingerprint density at radius 2 is 2.09 bits per heavy atom. The van der Waals surface area contributed by atoms with Crippen LogP contribution in [-0.2, 0) is 0 Å². The molecule has 0 saturated heterocycles. The van der Waals surface area contributed by atoms with Crippen LogP contribution in [0.4, 0.5) is 5.82 Å². The zero-order valence-corrected chi connectivity index (χ0v) is 5.33. The topological polar surface area (TPSA) is 113 Å². The summed E-state index contributed by atoms with van der Waals surface area (Å²) in [6, 6.07) is 0. The van der Waals surface area contributed by atoms with E-state index in [9.17, 15) is 4.79 Å². The first-order valence-electron chi connectivity index (χ1n) is 2.84. The van der Waals surface area contributed by atoms with Crippen LogP contribution < -0.4 is 11.4 Å². The zero-order chi connectivity index (χ0) is 7.84. The van der Waals surface area contributed by atoms with Crippen molar-refractivity contribution in [2.24, 2.45) is 0 Å². The number of aromatic amines is 2. The van der Waals surface area contributed by atoms with E-state index in [-0.39, 0.29) is 11.5 Å². The Labute approximate surface area is 59.6 Å². The van der Waals surface area contributed by atoms with Gasteiger partial charge in [-0.2, -0.15) is 0 Å². The Kier molecular flexibility index (Phi) is 0.945. The fraction of sp³-hybridized carbons (Fsp3) is 0. The Hall–Kier alpha value is -1.92. The van der Waals surface area contributed by atoms with Gasteiger partial charge in [0.15, 0.2) is 11.5 Å². The van der Waals surface area contributed by atoms with Gasteiger partial charge >= 0.3 is 5.69 Å². The maximum atomic E-state index is 10.7.